The number of hydrogen-bond donors (Lipinski definition) is 1. The van der Waals surface area contributed by atoms with Gasteiger partial charge in [-0.05, 0) is 25.1 Å². The summed E-state index contributed by atoms with van der Waals surface area (Å²) in [6, 6.07) is 2.47. The lowest BCUT2D eigenvalue weighted by molar-refractivity contribution is 0.199. The van der Waals surface area contributed by atoms with Crippen LogP contribution < -0.4 is 5.32 Å². The van der Waals surface area contributed by atoms with Gasteiger partial charge in [0.15, 0.2) is 9.84 Å². The minimum absolute atomic E-state index is 0.185. The second-order valence-electron chi connectivity index (χ2n) is 3.99. The molecule has 0 spiro atoms. The number of halogens is 2. The Labute approximate surface area is 111 Å². The smallest absolute Gasteiger partial charge is 0.181 e. The summed E-state index contributed by atoms with van der Waals surface area (Å²) < 4.78 is 54.6. The number of rotatable bonds is 8. The molecule has 1 N–H and O–H groups in total. The van der Waals surface area contributed by atoms with E-state index in [0.29, 0.717) is 32.2 Å². The summed E-state index contributed by atoms with van der Waals surface area (Å²) in [6.45, 7) is 1.66. The van der Waals surface area contributed by atoms with E-state index < -0.39 is 26.4 Å². The third-order valence-corrected chi connectivity index (χ3v) is 4.31. The topological polar surface area (TPSA) is 55.4 Å². The molecule has 0 unspecified atom stereocenters. The van der Waals surface area contributed by atoms with Crippen LogP contribution >= 0.6 is 0 Å². The lowest BCUT2D eigenvalue weighted by Gasteiger charge is -2.06. The molecule has 1 aromatic rings. The van der Waals surface area contributed by atoms with Gasteiger partial charge in [0.05, 0.1) is 12.4 Å². The van der Waals surface area contributed by atoms with Crippen LogP contribution in [0, 0.1) is 11.6 Å². The normalized spacial score (nSPS) is 11.7. The fourth-order valence-electron chi connectivity index (χ4n) is 1.52. The second kappa shape index (κ2) is 7.52. The molecule has 0 aromatic heterocycles. The van der Waals surface area contributed by atoms with Gasteiger partial charge in [-0.2, -0.15) is 0 Å². The number of methoxy groups -OCH3 is 1. The number of ether oxygens (including phenoxy) is 1. The van der Waals surface area contributed by atoms with E-state index in [0.717, 1.165) is 12.1 Å². The maximum absolute atomic E-state index is 13.4. The number of hydrogen-bond acceptors (Lipinski definition) is 4. The Hall–Kier alpha value is -1.05. The molecular weight excluding hydrogens is 276 g/mol. The van der Waals surface area contributed by atoms with Crippen LogP contribution in [0.4, 0.5) is 8.78 Å². The second-order valence-corrected chi connectivity index (χ2v) is 6.07. The molecule has 108 valence electrons. The average molecular weight is 293 g/mol. The first-order chi connectivity index (χ1) is 8.97. The standard InChI is InChI=1S/C12H17F2NO3S/c1-18-7-6-15-5-2-8-19(16,17)12-4-3-10(13)9-11(12)14/h3-4,9,15H,2,5-8H2,1H3. The van der Waals surface area contributed by atoms with Crippen LogP contribution in [0.5, 0.6) is 0 Å². The number of benzene rings is 1. The molecule has 4 nitrogen and oxygen atoms in total. The van der Waals surface area contributed by atoms with E-state index in [4.69, 9.17) is 4.74 Å². The quantitative estimate of drug-likeness (QED) is 0.581. The van der Waals surface area contributed by atoms with E-state index in [1.165, 1.54) is 0 Å². The average Bonchev–Trinajstić information content (AvgIpc) is 2.33. The van der Waals surface area contributed by atoms with Crippen molar-refractivity contribution in [2.24, 2.45) is 0 Å². The van der Waals surface area contributed by atoms with Crippen LogP contribution in [0.2, 0.25) is 0 Å². The Kier molecular flexibility index (Phi) is 6.33. The van der Waals surface area contributed by atoms with Crippen LogP contribution in [0.15, 0.2) is 23.1 Å². The van der Waals surface area contributed by atoms with Crippen molar-refractivity contribution in [2.45, 2.75) is 11.3 Å². The highest BCUT2D eigenvalue weighted by molar-refractivity contribution is 7.91. The highest BCUT2D eigenvalue weighted by Gasteiger charge is 2.19. The largest absolute Gasteiger partial charge is 0.383 e. The van der Waals surface area contributed by atoms with Gasteiger partial charge < -0.3 is 10.1 Å². The molecule has 0 aliphatic heterocycles. The van der Waals surface area contributed by atoms with Crippen molar-refractivity contribution in [1.29, 1.82) is 0 Å². The predicted octanol–water partition coefficient (Wildman–Crippen LogP) is 1.36. The minimum atomic E-state index is -3.71. The van der Waals surface area contributed by atoms with Crippen LogP contribution in [0.25, 0.3) is 0 Å². The fourth-order valence-corrected chi connectivity index (χ4v) is 2.90. The van der Waals surface area contributed by atoms with Crippen molar-refractivity contribution in [1.82, 2.24) is 5.32 Å². The van der Waals surface area contributed by atoms with Crippen molar-refractivity contribution >= 4 is 9.84 Å². The van der Waals surface area contributed by atoms with E-state index >= 15 is 0 Å². The zero-order valence-corrected chi connectivity index (χ0v) is 11.5. The van der Waals surface area contributed by atoms with Gasteiger partial charge >= 0.3 is 0 Å². The molecule has 0 aliphatic carbocycles. The molecule has 0 fully saturated rings. The maximum atomic E-state index is 13.4. The van der Waals surface area contributed by atoms with Gasteiger partial charge in [-0.25, -0.2) is 17.2 Å². The first kappa shape index (κ1) is 16.0. The first-order valence-corrected chi connectivity index (χ1v) is 7.50. The first-order valence-electron chi connectivity index (χ1n) is 5.85. The Morgan fingerprint density at radius 2 is 2.00 bits per heavy atom. The lowest BCUT2D eigenvalue weighted by Crippen LogP contribution is -2.22. The van der Waals surface area contributed by atoms with Gasteiger partial charge in [0.1, 0.15) is 16.5 Å². The monoisotopic (exact) mass is 293 g/mol. The third kappa shape index (κ3) is 5.22. The van der Waals surface area contributed by atoms with Gasteiger partial charge in [0.25, 0.3) is 0 Å². The summed E-state index contributed by atoms with van der Waals surface area (Å²) >= 11 is 0. The molecule has 0 radical (unpaired) electrons. The summed E-state index contributed by atoms with van der Waals surface area (Å²) in [5.74, 6) is -2.03. The van der Waals surface area contributed by atoms with E-state index in [2.05, 4.69) is 5.32 Å². The van der Waals surface area contributed by atoms with Gasteiger partial charge in [-0.1, -0.05) is 0 Å². The maximum Gasteiger partial charge on any atom is 0.181 e. The highest BCUT2D eigenvalue weighted by atomic mass is 32.2. The van der Waals surface area contributed by atoms with Crippen molar-refractivity contribution in [2.75, 3.05) is 32.6 Å². The molecule has 1 aromatic carbocycles. The van der Waals surface area contributed by atoms with Crippen molar-refractivity contribution in [3.8, 4) is 0 Å². The third-order valence-electron chi connectivity index (χ3n) is 2.48. The molecule has 0 bridgehead atoms. The molecule has 0 amide bonds. The van der Waals surface area contributed by atoms with Gasteiger partial charge in [-0.15, -0.1) is 0 Å². The SMILES string of the molecule is COCCNCCCS(=O)(=O)c1ccc(F)cc1F. The van der Waals surface area contributed by atoms with Crippen LogP contribution in [0.3, 0.4) is 0 Å². The Bertz CT molecular complexity index is 506. The summed E-state index contributed by atoms with van der Waals surface area (Å²) in [4.78, 5) is -0.453. The molecule has 1 rings (SSSR count). The highest BCUT2D eigenvalue weighted by Crippen LogP contribution is 2.17. The summed E-state index contributed by atoms with van der Waals surface area (Å²) in [6.07, 6.45) is 0.350. The number of sulfone groups is 1. The molecule has 0 saturated heterocycles. The molecular formula is C12H17F2NO3S. The zero-order chi connectivity index (χ0) is 14.3. The van der Waals surface area contributed by atoms with Gasteiger partial charge in [0.2, 0.25) is 0 Å². The number of nitrogens with one attached hydrogen (secondary N) is 1. The van der Waals surface area contributed by atoms with Crippen molar-refractivity contribution < 1.29 is 21.9 Å². The fraction of sp³-hybridized carbons (Fsp3) is 0.500. The molecule has 0 heterocycles. The van der Waals surface area contributed by atoms with Crippen molar-refractivity contribution in [3.05, 3.63) is 29.8 Å². The summed E-state index contributed by atoms with van der Waals surface area (Å²) in [5.41, 5.74) is 0. The predicted molar refractivity (Wildman–Crippen MR) is 67.8 cm³/mol. The van der Waals surface area contributed by atoms with Crippen LogP contribution in [-0.2, 0) is 14.6 Å². The molecule has 7 heteroatoms. The Morgan fingerprint density at radius 3 is 2.63 bits per heavy atom. The lowest BCUT2D eigenvalue weighted by atomic mass is 10.3. The molecule has 0 aliphatic rings. The van der Waals surface area contributed by atoms with Gasteiger partial charge in [0, 0.05) is 19.7 Å². The van der Waals surface area contributed by atoms with E-state index in [1.54, 1.807) is 7.11 Å². The van der Waals surface area contributed by atoms with Crippen LogP contribution in [0.1, 0.15) is 6.42 Å². The zero-order valence-electron chi connectivity index (χ0n) is 10.7. The van der Waals surface area contributed by atoms with Gasteiger partial charge in [-0.3, -0.25) is 0 Å². The summed E-state index contributed by atoms with van der Waals surface area (Å²) in [7, 11) is -2.14. The Balaban J connectivity index is 2.52. The minimum Gasteiger partial charge on any atom is -0.383 e. The van der Waals surface area contributed by atoms with E-state index in [1.807, 2.05) is 0 Å². The van der Waals surface area contributed by atoms with E-state index in [-0.39, 0.29) is 5.75 Å². The van der Waals surface area contributed by atoms with Crippen molar-refractivity contribution in [3.63, 3.8) is 0 Å². The molecule has 0 saturated carbocycles. The molecule has 19 heavy (non-hydrogen) atoms. The molecule has 0 atom stereocenters. The van der Waals surface area contributed by atoms with E-state index in [9.17, 15) is 17.2 Å². The summed E-state index contributed by atoms with van der Waals surface area (Å²) in [5, 5.41) is 2.99. The van der Waals surface area contributed by atoms with Crippen LogP contribution in [-0.4, -0.2) is 41.0 Å². The Morgan fingerprint density at radius 1 is 1.26 bits per heavy atom.